The zero-order chi connectivity index (χ0) is 11.8. The van der Waals surface area contributed by atoms with Gasteiger partial charge >= 0.3 is 0 Å². The summed E-state index contributed by atoms with van der Waals surface area (Å²) in [7, 11) is 0. The van der Waals surface area contributed by atoms with Crippen LogP contribution in [0.1, 0.15) is 30.9 Å². The summed E-state index contributed by atoms with van der Waals surface area (Å²) in [4.78, 5) is 4.20. The number of benzene rings is 1. The maximum absolute atomic E-state index is 5.82. The van der Waals surface area contributed by atoms with Gasteiger partial charge in [-0.1, -0.05) is 43.8 Å². The van der Waals surface area contributed by atoms with Crippen molar-refractivity contribution in [3.63, 3.8) is 0 Å². The van der Waals surface area contributed by atoms with Gasteiger partial charge in [0.1, 0.15) is 11.6 Å². The topological polar surface area (TPSA) is 22.1 Å². The molecule has 4 radical (unpaired) electrons. The van der Waals surface area contributed by atoms with Gasteiger partial charge in [0.05, 0.1) is 0 Å². The van der Waals surface area contributed by atoms with Gasteiger partial charge in [-0.3, -0.25) is 0 Å². The summed E-state index contributed by atoms with van der Waals surface area (Å²) in [6.45, 7) is 4.46. The number of pyridine rings is 1. The minimum atomic E-state index is 0. The van der Waals surface area contributed by atoms with Gasteiger partial charge < -0.3 is 9.72 Å². The van der Waals surface area contributed by atoms with Gasteiger partial charge in [-0.25, -0.2) is 0 Å². The third-order valence-corrected chi connectivity index (χ3v) is 3.21. The van der Waals surface area contributed by atoms with Gasteiger partial charge in [-0.2, -0.15) is 12.1 Å². The molecule has 1 aliphatic rings. The molecule has 21 heavy (non-hydrogen) atoms. The summed E-state index contributed by atoms with van der Waals surface area (Å²) in [6, 6.07) is 12.1. The summed E-state index contributed by atoms with van der Waals surface area (Å²) in [5.41, 5.74) is 2.42. The van der Waals surface area contributed by atoms with Crippen LogP contribution in [-0.2, 0) is 131 Å². The molecule has 1 aromatic carbocycles. The molecule has 0 saturated heterocycles. The van der Waals surface area contributed by atoms with E-state index in [1.807, 2.05) is 18.2 Å². The number of aromatic nitrogens is 1. The quantitative estimate of drug-likeness (QED) is 0.480. The molecule has 1 aliphatic heterocycles. The van der Waals surface area contributed by atoms with Crippen LogP contribution in [-0.4, -0.2) is 4.98 Å². The van der Waals surface area contributed by atoms with Crippen molar-refractivity contribution >= 4 is 0 Å². The van der Waals surface area contributed by atoms with E-state index in [0.717, 1.165) is 11.3 Å². The van der Waals surface area contributed by atoms with E-state index in [4.69, 9.17) is 4.74 Å². The Labute approximate surface area is 227 Å². The van der Waals surface area contributed by atoms with Crippen molar-refractivity contribution in [2.24, 2.45) is 5.92 Å². The number of ether oxygens (including phenoxy) is 1. The summed E-state index contributed by atoms with van der Waals surface area (Å²) in [5.74, 6) is 2.50. The van der Waals surface area contributed by atoms with E-state index in [1.54, 1.807) is 0 Å². The molecule has 0 amide bonds. The standard InChI is InChI=1S/C15H14NO.4Y/c1-10(2)14-11-6-3-4-8-13(11)17-15-12(14)7-5-9-16-15;;;;/h3-8,10,14H,1-2H3;;;;/q-1;;;;. The number of rotatable bonds is 1. The van der Waals surface area contributed by atoms with Crippen LogP contribution in [0.25, 0.3) is 0 Å². The second-order valence-corrected chi connectivity index (χ2v) is 4.70. The number of nitrogens with zero attached hydrogens (tertiary/aromatic N) is 1. The van der Waals surface area contributed by atoms with Crippen molar-refractivity contribution < 1.29 is 136 Å². The van der Waals surface area contributed by atoms with Gasteiger partial charge in [0.15, 0.2) is 0 Å². The van der Waals surface area contributed by atoms with E-state index in [9.17, 15) is 0 Å². The number of fused-ring (bicyclic) bond motifs is 2. The Morgan fingerprint density at radius 1 is 1.00 bits per heavy atom. The van der Waals surface area contributed by atoms with E-state index >= 15 is 0 Å². The molecule has 0 fully saturated rings. The molecule has 6 heteroatoms. The van der Waals surface area contributed by atoms with Crippen molar-refractivity contribution in [3.8, 4) is 11.6 Å². The fourth-order valence-electron chi connectivity index (χ4n) is 2.50. The van der Waals surface area contributed by atoms with Gasteiger partial charge in [0, 0.05) is 131 Å². The van der Waals surface area contributed by atoms with E-state index in [0.29, 0.717) is 17.7 Å². The van der Waals surface area contributed by atoms with Crippen LogP contribution in [0.4, 0.5) is 0 Å². The largest absolute Gasteiger partial charge is 0.498 e. The third-order valence-electron chi connectivity index (χ3n) is 3.21. The molecule has 1 atom stereocenters. The Balaban J connectivity index is 0. The van der Waals surface area contributed by atoms with Gasteiger partial charge in [-0.05, 0) is 23.5 Å². The summed E-state index contributed by atoms with van der Waals surface area (Å²) >= 11 is 0. The Bertz CT molecular complexity index is 517. The van der Waals surface area contributed by atoms with E-state index < -0.39 is 0 Å². The van der Waals surface area contributed by atoms with Gasteiger partial charge in [-0.15, -0.1) is 0 Å². The molecule has 3 rings (SSSR count). The predicted octanol–water partition coefficient (Wildman–Crippen LogP) is 3.77. The normalized spacial score (nSPS) is 14.0. The molecule has 2 nitrogen and oxygen atoms in total. The zero-order valence-corrected chi connectivity index (χ0v) is 23.6. The molecule has 98 valence electrons. The minimum absolute atomic E-state index is 0. The van der Waals surface area contributed by atoms with Crippen molar-refractivity contribution in [2.75, 3.05) is 0 Å². The molecule has 0 N–H and O–H groups in total. The Morgan fingerprint density at radius 3 is 2.33 bits per heavy atom. The van der Waals surface area contributed by atoms with Crippen LogP contribution in [0.2, 0.25) is 0 Å². The average molecular weight is 580 g/mol. The van der Waals surface area contributed by atoms with E-state index in [2.05, 4.69) is 43.2 Å². The number of para-hydroxylation sites is 1. The van der Waals surface area contributed by atoms with Crippen LogP contribution in [0, 0.1) is 12.1 Å². The monoisotopic (exact) mass is 580 g/mol. The second kappa shape index (κ2) is 12.0. The van der Waals surface area contributed by atoms with Crippen molar-refractivity contribution in [3.05, 3.63) is 53.7 Å². The maximum atomic E-state index is 5.82. The Morgan fingerprint density at radius 2 is 1.67 bits per heavy atom. The molecule has 0 bridgehead atoms. The Kier molecular flexibility index (Phi) is 14.8. The van der Waals surface area contributed by atoms with Crippen molar-refractivity contribution in [2.45, 2.75) is 19.8 Å². The number of hydrogen-bond donors (Lipinski definition) is 0. The first-order valence-corrected chi connectivity index (χ1v) is 5.91. The van der Waals surface area contributed by atoms with Crippen LogP contribution in [0.15, 0.2) is 36.4 Å². The predicted molar refractivity (Wildman–Crippen MR) is 66.3 cm³/mol. The molecule has 2 aromatic rings. The SMILES string of the molecule is CC(C)C1c2ccccc2Oc2n[c-]ccc21.[Y].[Y].[Y].[Y]. The summed E-state index contributed by atoms with van der Waals surface area (Å²) < 4.78 is 5.82. The van der Waals surface area contributed by atoms with E-state index in [1.165, 1.54) is 5.56 Å². The molecular weight excluding hydrogens is 566 g/mol. The molecule has 2 heterocycles. The van der Waals surface area contributed by atoms with Gasteiger partial charge in [0.2, 0.25) is 0 Å². The first-order chi connectivity index (χ1) is 8.27. The molecule has 1 unspecified atom stereocenters. The summed E-state index contributed by atoms with van der Waals surface area (Å²) in [5, 5.41) is 0. The van der Waals surface area contributed by atoms with Crippen molar-refractivity contribution in [1.29, 1.82) is 0 Å². The molecule has 0 spiro atoms. The molecule has 0 saturated carbocycles. The van der Waals surface area contributed by atoms with Gasteiger partial charge in [0.25, 0.3) is 0 Å². The van der Waals surface area contributed by atoms with Crippen LogP contribution < -0.4 is 4.74 Å². The fraction of sp³-hybridized carbons (Fsp3) is 0.267. The van der Waals surface area contributed by atoms with Crippen LogP contribution in [0.3, 0.4) is 0 Å². The van der Waals surface area contributed by atoms with E-state index in [-0.39, 0.29) is 131 Å². The van der Waals surface area contributed by atoms with Crippen molar-refractivity contribution in [1.82, 2.24) is 4.98 Å². The first kappa shape index (κ1) is 25.8. The number of hydrogen-bond acceptors (Lipinski definition) is 2. The third kappa shape index (κ3) is 5.81. The zero-order valence-electron chi connectivity index (χ0n) is 12.3. The summed E-state index contributed by atoms with van der Waals surface area (Å²) in [6.07, 6.45) is 2.84. The smallest absolute Gasteiger partial charge is 0.116 e. The molecule has 1 aromatic heterocycles. The first-order valence-electron chi connectivity index (χ1n) is 5.91. The van der Waals surface area contributed by atoms with Crippen LogP contribution >= 0.6 is 0 Å². The van der Waals surface area contributed by atoms with Crippen LogP contribution in [0.5, 0.6) is 11.6 Å². The molecular formula is C15H14NOY4-. The molecule has 0 aliphatic carbocycles. The minimum Gasteiger partial charge on any atom is -0.498 e. The second-order valence-electron chi connectivity index (χ2n) is 4.70. The fourth-order valence-corrected chi connectivity index (χ4v) is 2.50. The average Bonchev–Trinajstić information content (AvgIpc) is 2.35. The Hall–Kier alpha value is 2.59. The maximum Gasteiger partial charge on any atom is 0.116 e.